The Kier molecular flexibility index (Phi) is 4.68. The molecule has 0 bridgehead atoms. The number of anilines is 2. The van der Waals surface area contributed by atoms with Crippen LogP contribution in [0.1, 0.15) is 48.9 Å². The molecule has 2 amide bonds. The van der Waals surface area contributed by atoms with Crippen molar-refractivity contribution in [1.29, 1.82) is 0 Å². The van der Waals surface area contributed by atoms with Gasteiger partial charge in [-0.2, -0.15) is 0 Å². The predicted octanol–water partition coefficient (Wildman–Crippen LogP) is 2.46. The van der Waals surface area contributed by atoms with Gasteiger partial charge in [0, 0.05) is 36.3 Å². The monoisotopic (exact) mass is 405 g/mol. The average molecular weight is 406 g/mol. The molecular formula is C23H27N5O2. The van der Waals surface area contributed by atoms with Gasteiger partial charge in [-0.1, -0.05) is 12.1 Å². The maximum Gasteiger partial charge on any atom is 0.227 e. The largest absolute Gasteiger partial charge is 0.368 e. The third-order valence-electron chi connectivity index (χ3n) is 6.71. The van der Waals surface area contributed by atoms with Crippen LogP contribution in [0.5, 0.6) is 0 Å². The zero-order valence-electron chi connectivity index (χ0n) is 17.1. The van der Waals surface area contributed by atoms with Crippen LogP contribution in [-0.2, 0) is 27.8 Å². The van der Waals surface area contributed by atoms with Gasteiger partial charge in [0.2, 0.25) is 17.8 Å². The molecular weight excluding hydrogens is 378 g/mol. The molecule has 1 spiro atoms. The maximum atomic E-state index is 13.0. The minimum atomic E-state index is -0.0861. The van der Waals surface area contributed by atoms with E-state index in [1.807, 2.05) is 35.4 Å². The van der Waals surface area contributed by atoms with Gasteiger partial charge in [-0.25, -0.2) is 9.97 Å². The molecule has 2 aliphatic carbocycles. The molecule has 30 heavy (non-hydrogen) atoms. The fourth-order valence-electron chi connectivity index (χ4n) is 4.88. The normalized spacial score (nSPS) is 22.7. The molecule has 7 nitrogen and oxygen atoms in total. The molecule has 2 fully saturated rings. The Labute approximate surface area is 176 Å². The number of piperidine rings is 1. The Balaban J connectivity index is 1.25. The standard InChI is InChI=1S/C23H27N5O2/c24-22-25-13-17-8-10-23(20(17)27-22)9-1-11-28(14-23)19(29)12-15-2-6-18(7-3-15)26-21(30)16-4-5-16/h2-3,6-7,13,16H,1,4-5,8-12,14H2,(H,26,30)(H2,24,25,27). The van der Waals surface area contributed by atoms with E-state index in [9.17, 15) is 9.59 Å². The summed E-state index contributed by atoms with van der Waals surface area (Å²) in [6, 6.07) is 7.62. The van der Waals surface area contributed by atoms with Gasteiger partial charge in [-0.15, -0.1) is 0 Å². The van der Waals surface area contributed by atoms with Crippen molar-refractivity contribution in [3.63, 3.8) is 0 Å². The van der Waals surface area contributed by atoms with E-state index in [-0.39, 0.29) is 23.1 Å². The van der Waals surface area contributed by atoms with Crippen LogP contribution in [0, 0.1) is 5.92 Å². The SMILES string of the molecule is Nc1ncc2c(n1)C1(CCCN(C(=O)Cc3ccc(NC(=O)C4CC4)cc3)C1)CC2. The molecule has 1 saturated carbocycles. The van der Waals surface area contributed by atoms with Crippen LogP contribution in [0.2, 0.25) is 0 Å². The summed E-state index contributed by atoms with van der Waals surface area (Å²) in [5.74, 6) is 0.726. The topological polar surface area (TPSA) is 101 Å². The van der Waals surface area contributed by atoms with E-state index >= 15 is 0 Å². The van der Waals surface area contributed by atoms with Gasteiger partial charge in [0.15, 0.2) is 0 Å². The molecule has 5 rings (SSSR count). The Bertz CT molecular complexity index is 982. The number of carbonyl (C=O) groups is 2. The number of nitrogens with one attached hydrogen (secondary N) is 1. The summed E-state index contributed by atoms with van der Waals surface area (Å²) in [6.45, 7) is 1.48. The zero-order chi connectivity index (χ0) is 20.7. The lowest BCUT2D eigenvalue weighted by molar-refractivity contribution is -0.132. The number of benzene rings is 1. The van der Waals surface area contributed by atoms with Crippen molar-refractivity contribution >= 4 is 23.5 Å². The number of aryl methyl sites for hydroxylation is 1. The minimum Gasteiger partial charge on any atom is -0.368 e. The molecule has 2 heterocycles. The minimum absolute atomic E-state index is 0.0861. The van der Waals surface area contributed by atoms with E-state index in [0.717, 1.165) is 62.0 Å². The van der Waals surface area contributed by atoms with Crippen molar-refractivity contribution in [2.75, 3.05) is 24.1 Å². The summed E-state index contributed by atoms with van der Waals surface area (Å²) in [6.07, 6.45) is 8.14. The molecule has 1 saturated heterocycles. The lowest BCUT2D eigenvalue weighted by atomic mass is 9.77. The molecule has 1 aromatic carbocycles. The maximum absolute atomic E-state index is 13.0. The van der Waals surface area contributed by atoms with Gasteiger partial charge in [-0.3, -0.25) is 9.59 Å². The molecule has 3 N–H and O–H groups in total. The number of carbonyl (C=O) groups excluding carboxylic acids is 2. The molecule has 3 aliphatic rings. The second kappa shape index (κ2) is 7.38. The number of hydrogen-bond acceptors (Lipinski definition) is 5. The van der Waals surface area contributed by atoms with Gasteiger partial charge in [0.05, 0.1) is 12.1 Å². The number of rotatable bonds is 4. The number of nitrogens with two attached hydrogens (primary N) is 1. The van der Waals surface area contributed by atoms with Crippen LogP contribution in [0.15, 0.2) is 30.5 Å². The van der Waals surface area contributed by atoms with Crippen LogP contribution in [-0.4, -0.2) is 39.8 Å². The first-order chi connectivity index (χ1) is 14.5. The van der Waals surface area contributed by atoms with Gasteiger partial charge in [-0.05, 0) is 61.8 Å². The van der Waals surface area contributed by atoms with Gasteiger partial charge < -0.3 is 16.0 Å². The van der Waals surface area contributed by atoms with Crippen LogP contribution in [0.25, 0.3) is 0 Å². The van der Waals surface area contributed by atoms with Gasteiger partial charge in [0.1, 0.15) is 0 Å². The highest BCUT2D eigenvalue weighted by molar-refractivity contribution is 5.94. The third-order valence-corrected chi connectivity index (χ3v) is 6.71. The Morgan fingerprint density at radius 3 is 2.77 bits per heavy atom. The van der Waals surface area contributed by atoms with E-state index < -0.39 is 0 Å². The molecule has 1 atom stereocenters. The van der Waals surface area contributed by atoms with Gasteiger partial charge in [0.25, 0.3) is 0 Å². The van der Waals surface area contributed by atoms with Gasteiger partial charge >= 0.3 is 0 Å². The summed E-state index contributed by atoms with van der Waals surface area (Å²) in [4.78, 5) is 35.6. The van der Waals surface area contributed by atoms with Crippen LogP contribution in [0.3, 0.4) is 0 Å². The number of aromatic nitrogens is 2. The third kappa shape index (κ3) is 3.64. The average Bonchev–Trinajstić information content (AvgIpc) is 3.55. The van der Waals surface area contributed by atoms with Crippen molar-refractivity contribution in [3.05, 3.63) is 47.3 Å². The fourth-order valence-corrected chi connectivity index (χ4v) is 4.88. The summed E-state index contributed by atoms with van der Waals surface area (Å²) in [5.41, 5.74) is 9.73. The number of nitrogen functional groups attached to an aromatic ring is 1. The summed E-state index contributed by atoms with van der Waals surface area (Å²) >= 11 is 0. The smallest absolute Gasteiger partial charge is 0.227 e. The lowest BCUT2D eigenvalue weighted by Gasteiger charge is -2.40. The van der Waals surface area contributed by atoms with Crippen LogP contribution < -0.4 is 11.1 Å². The highest BCUT2D eigenvalue weighted by atomic mass is 16.2. The highest BCUT2D eigenvalue weighted by Gasteiger charge is 2.44. The van der Waals surface area contributed by atoms with Crippen LogP contribution >= 0.6 is 0 Å². The van der Waals surface area contributed by atoms with Crippen LogP contribution in [0.4, 0.5) is 11.6 Å². The Morgan fingerprint density at radius 1 is 1.20 bits per heavy atom. The summed E-state index contributed by atoms with van der Waals surface area (Å²) in [7, 11) is 0. The van der Waals surface area contributed by atoms with E-state index in [0.29, 0.717) is 18.9 Å². The van der Waals surface area contributed by atoms with E-state index in [1.54, 1.807) is 0 Å². The molecule has 0 radical (unpaired) electrons. The quantitative estimate of drug-likeness (QED) is 0.814. The Hall–Kier alpha value is -2.96. The number of hydrogen-bond donors (Lipinski definition) is 2. The number of fused-ring (bicyclic) bond motifs is 2. The lowest BCUT2D eigenvalue weighted by Crippen LogP contribution is -2.48. The first kappa shape index (κ1) is 19.0. The molecule has 1 aromatic heterocycles. The highest BCUT2D eigenvalue weighted by Crippen LogP contribution is 2.44. The van der Waals surface area contributed by atoms with Crippen molar-refractivity contribution in [1.82, 2.24) is 14.9 Å². The van der Waals surface area contributed by atoms with Crippen molar-refractivity contribution in [3.8, 4) is 0 Å². The van der Waals surface area contributed by atoms with Crippen molar-refractivity contribution < 1.29 is 9.59 Å². The summed E-state index contributed by atoms with van der Waals surface area (Å²) < 4.78 is 0. The molecule has 1 aliphatic heterocycles. The van der Waals surface area contributed by atoms with E-state index in [4.69, 9.17) is 5.73 Å². The second-order valence-electron chi connectivity index (χ2n) is 8.94. The number of nitrogens with zero attached hydrogens (tertiary/aromatic N) is 3. The van der Waals surface area contributed by atoms with E-state index in [2.05, 4.69) is 15.3 Å². The van der Waals surface area contributed by atoms with E-state index in [1.165, 1.54) is 5.56 Å². The summed E-state index contributed by atoms with van der Waals surface area (Å²) in [5, 5.41) is 2.94. The molecule has 1 unspecified atom stereocenters. The molecule has 7 heteroatoms. The van der Waals surface area contributed by atoms with Crippen molar-refractivity contribution in [2.24, 2.45) is 5.92 Å². The molecule has 2 aromatic rings. The number of amides is 2. The first-order valence-corrected chi connectivity index (χ1v) is 10.8. The zero-order valence-corrected chi connectivity index (χ0v) is 17.1. The number of likely N-dealkylation sites (tertiary alicyclic amines) is 1. The second-order valence-corrected chi connectivity index (χ2v) is 8.94. The Morgan fingerprint density at radius 2 is 2.00 bits per heavy atom. The van der Waals surface area contributed by atoms with Crippen molar-refractivity contribution in [2.45, 2.75) is 50.4 Å². The first-order valence-electron chi connectivity index (χ1n) is 10.8. The fraction of sp³-hybridized carbons (Fsp3) is 0.478. The molecule has 156 valence electrons. The predicted molar refractivity (Wildman–Crippen MR) is 114 cm³/mol.